The molecule has 0 N–H and O–H groups in total. The Bertz CT molecular complexity index is 588. The van der Waals surface area contributed by atoms with Gasteiger partial charge in [0.25, 0.3) is 0 Å². The Morgan fingerprint density at radius 2 is 2.11 bits per heavy atom. The predicted molar refractivity (Wildman–Crippen MR) is 73.7 cm³/mol. The number of benzene rings is 1. The van der Waals surface area contributed by atoms with Crippen LogP contribution in [0.25, 0.3) is 0 Å². The fraction of sp³-hybridized carbons (Fsp3) is 0.333. The van der Waals surface area contributed by atoms with Crippen molar-refractivity contribution < 1.29 is 9.53 Å². The molecule has 4 heteroatoms. The van der Waals surface area contributed by atoms with Crippen LogP contribution < -0.4 is 4.74 Å². The Balaban J connectivity index is 2.35. The van der Waals surface area contributed by atoms with Gasteiger partial charge in [-0.15, -0.1) is 0 Å². The first-order valence-corrected chi connectivity index (χ1v) is 6.47. The van der Waals surface area contributed by atoms with Gasteiger partial charge in [-0.25, -0.2) is 0 Å². The second kappa shape index (κ2) is 5.69. The fourth-order valence-electron chi connectivity index (χ4n) is 2.01. The summed E-state index contributed by atoms with van der Waals surface area (Å²) in [5.41, 5.74) is 2.10. The summed E-state index contributed by atoms with van der Waals surface area (Å²) in [6.45, 7) is 7.05. The van der Waals surface area contributed by atoms with Crippen LogP contribution >= 0.6 is 0 Å². The topological polar surface area (TPSA) is 44.1 Å². The maximum Gasteiger partial charge on any atom is 0.211 e. The van der Waals surface area contributed by atoms with Gasteiger partial charge in [0, 0.05) is 12.1 Å². The van der Waals surface area contributed by atoms with Crippen LogP contribution in [0.3, 0.4) is 0 Å². The Morgan fingerprint density at radius 3 is 2.79 bits per heavy atom. The standard InChI is InChI=1S/C15H18N2O2/c1-4-17-14(9-11(3)16-17)15(18)12-7-6-8-13(10-12)19-5-2/h6-10H,4-5H2,1-3H3. The first kappa shape index (κ1) is 13.3. The van der Waals surface area contributed by atoms with Gasteiger partial charge in [-0.05, 0) is 39.0 Å². The van der Waals surface area contributed by atoms with Crippen LogP contribution in [-0.2, 0) is 6.54 Å². The molecule has 1 heterocycles. The van der Waals surface area contributed by atoms with E-state index in [9.17, 15) is 4.79 Å². The number of hydrogen-bond acceptors (Lipinski definition) is 3. The highest BCUT2D eigenvalue weighted by molar-refractivity contribution is 6.08. The SMILES string of the molecule is CCOc1cccc(C(=O)c2cc(C)nn2CC)c1. The number of nitrogens with zero attached hydrogens (tertiary/aromatic N) is 2. The minimum atomic E-state index is -0.0241. The Labute approximate surface area is 113 Å². The highest BCUT2D eigenvalue weighted by Crippen LogP contribution is 2.17. The molecule has 1 aromatic heterocycles. The summed E-state index contributed by atoms with van der Waals surface area (Å²) in [6, 6.07) is 9.07. The van der Waals surface area contributed by atoms with E-state index < -0.39 is 0 Å². The van der Waals surface area contributed by atoms with Gasteiger partial charge in [-0.1, -0.05) is 12.1 Å². The lowest BCUT2D eigenvalue weighted by Crippen LogP contribution is -2.10. The number of ketones is 1. The molecule has 0 bridgehead atoms. The zero-order valence-corrected chi connectivity index (χ0v) is 11.5. The highest BCUT2D eigenvalue weighted by Gasteiger charge is 2.15. The molecular formula is C15H18N2O2. The van der Waals surface area contributed by atoms with E-state index in [1.807, 2.05) is 39.0 Å². The largest absolute Gasteiger partial charge is 0.494 e. The molecule has 0 saturated heterocycles. The van der Waals surface area contributed by atoms with E-state index in [1.165, 1.54) is 0 Å². The van der Waals surface area contributed by atoms with Crippen molar-refractivity contribution >= 4 is 5.78 Å². The Hall–Kier alpha value is -2.10. The lowest BCUT2D eigenvalue weighted by molar-refractivity contribution is 0.102. The van der Waals surface area contributed by atoms with Crippen LogP contribution in [0, 0.1) is 6.92 Å². The van der Waals surface area contributed by atoms with Gasteiger partial charge in [0.05, 0.1) is 12.3 Å². The van der Waals surface area contributed by atoms with Crippen LogP contribution in [0.4, 0.5) is 0 Å². The zero-order valence-electron chi connectivity index (χ0n) is 11.5. The third kappa shape index (κ3) is 2.84. The van der Waals surface area contributed by atoms with Crippen LogP contribution in [0.5, 0.6) is 5.75 Å². The Morgan fingerprint density at radius 1 is 1.32 bits per heavy atom. The number of aryl methyl sites for hydroxylation is 2. The third-order valence-corrected chi connectivity index (χ3v) is 2.84. The molecule has 100 valence electrons. The minimum absolute atomic E-state index is 0.0241. The van der Waals surface area contributed by atoms with E-state index in [0.29, 0.717) is 30.2 Å². The van der Waals surface area contributed by atoms with Gasteiger partial charge in [0.1, 0.15) is 11.4 Å². The number of hydrogen-bond donors (Lipinski definition) is 0. The molecule has 4 nitrogen and oxygen atoms in total. The molecule has 19 heavy (non-hydrogen) atoms. The van der Waals surface area contributed by atoms with Gasteiger partial charge in [-0.2, -0.15) is 5.10 Å². The Kier molecular flexibility index (Phi) is 4.00. The van der Waals surface area contributed by atoms with Gasteiger partial charge in [0.2, 0.25) is 5.78 Å². The summed E-state index contributed by atoms with van der Waals surface area (Å²) < 4.78 is 7.15. The molecular weight excluding hydrogens is 240 g/mol. The number of carbonyl (C=O) groups is 1. The molecule has 0 radical (unpaired) electrons. The van der Waals surface area contributed by atoms with Gasteiger partial charge >= 0.3 is 0 Å². The summed E-state index contributed by atoms with van der Waals surface area (Å²) in [6.07, 6.45) is 0. The van der Waals surface area contributed by atoms with Crippen molar-refractivity contribution in [2.75, 3.05) is 6.61 Å². The van der Waals surface area contributed by atoms with E-state index in [0.717, 1.165) is 5.69 Å². The summed E-state index contributed by atoms with van der Waals surface area (Å²) >= 11 is 0. The molecule has 0 spiro atoms. The monoisotopic (exact) mass is 258 g/mol. The summed E-state index contributed by atoms with van der Waals surface area (Å²) in [5.74, 6) is 0.691. The fourth-order valence-corrected chi connectivity index (χ4v) is 2.01. The second-order valence-corrected chi connectivity index (χ2v) is 4.28. The summed E-state index contributed by atoms with van der Waals surface area (Å²) in [7, 11) is 0. The average molecular weight is 258 g/mol. The third-order valence-electron chi connectivity index (χ3n) is 2.84. The molecule has 0 aliphatic heterocycles. The molecule has 0 unspecified atom stereocenters. The summed E-state index contributed by atoms with van der Waals surface area (Å²) in [4.78, 5) is 12.5. The molecule has 0 fully saturated rings. The van der Waals surface area contributed by atoms with Gasteiger partial charge in [-0.3, -0.25) is 9.48 Å². The van der Waals surface area contributed by atoms with Crippen LogP contribution in [-0.4, -0.2) is 22.2 Å². The molecule has 2 aromatic rings. The molecule has 0 aliphatic carbocycles. The normalized spacial score (nSPS) is 10.5. The van der Waals surface area contributed by atoms with Crippen LogP contribution in [0.2, 0.25) is 0 Å². The molecule has 0 saturated carbocycles. The van der Waals surface area contributed by atoms with E-state index in [2.05, 4.69) is 5.10 Å². The van der Waals surface area contributed by atoms with Crippen LogP contribution in [0.1, 0.15) is 35.6 Å². The maximum atomic E-state index is 12.5. The lowest BCUT2D eigenvalue weighted by atomic mass is 10.1. The number of aromatic nitrogens is 2. The minimum Gasteiger partial charge on any atom is -0.494 e. The smallest absolute Gasteiger partial charge is 0.211 e. The van der Waals surface area contributed by atoms with Crippen molar-refractivity contribution in [3.05, 3.63) is 47.3 Å². The van der Waals surface area contributed by atoms with Crippen molar-refractivity contribution in [1.82, 2.24) is 9.78 Å². The van der Waals surface area contributed by atoms with Crippen molar-refractivity contribution in [3.63, 3.8) is 0 Å². The van der Waals surface area contributed by atoms with E-state index >= 15 is 0 Å². The maximum absolute atomic E-state index is 12.5. The van der Waals surface area contributed by atoms with Crippen molar-refractivity contribution in [2.24, 2.45) is 0 Å². The number of rotatable bonds is 5. The summed E-state index contributed by atoms with van der Waals surface area (Å²) in [5, 5.41) is 4.30. The van der Waals surface area contributed by atoms with Crippen molar-refractivity contribution in [1.29, 1.82) is 0 Å². The zero-order chi connectivity index (χ0) is 13.8. The van der Waals surface area contributed by atoms with E-state index in [-0.39, 0.29) is 5.78 Å². The quantitative estimate of drug-likeness (QED) is 0.775. The van der Waals surface area contributed by atoms with E-state index in [4.69, 9.17) is 4.74 Å². The molecule has 0 aliphatic rings. The molecule has 1 aromatic carbocycles. The van der Waals surface area contributed by atoms with Crippen LogP contribution in [0.15, 0.2) is 30.3 Å². The van der Waals surface area contributed by atoms with Gasteiger partial charge in [0.15, 0.2) is 0 Å². The number of ether oxygens (including phenoxy) is 1. The first-order valence-electron chi connectivity index (χ1n) is 6.47. The lowest BCUT2D eigenvalue weighted by Gasteiger charge is -2.06. The second-order valence-electron chi connectivity index (χ2n) is 4.28. The molecule has 0 amide bonds. The van der Waals surface area contributed by atoms with Gasteiger partial charge < -0.3 is 4.74 Å². The molecule has 2 rings (SSSR count). The van der Waals surface area contributed by atoms with E-state index in [1.54, 1.807) is 16.8 Å². The predicted octanol–water partition coefficient (Wildman–Crippen LogP) is 2.84. The number of carbonyl (C=O) groups excluding carboxylic acids is 1. The first-order chi connectivity index (χ1) is 9.15. The van der Waals surface area contributed by atoms with Crippen molar-refractivity contribution in [3.8, 4) is 5.75 Å². The van der Waals surface area contributed by atoms with Crippen molar-refractivity contribution in [2.45, 2.75) is 27.3 Å². The molecule has 0 atom stereocenters. The average Bonchev–Trinajstić information content (AvgIpc) is 2.80. The highest BCUT2D eigenvalue weighted by atomic mass is 16.5.